The van der Waals surface area contributed by atoms with Gasteiger partial charge >= 0.3 is 6.03 Å². The molecule has 126 valence electrons. The molecule has 1 aliphatic heterocycles. The lowest BCUT2D eigenvalue weighted by molar-refractivity contribution is -0.121. The van der Waals surface area contributed by atoms with Gasteiger partial charge in [0, 0.05) is 19.7 Å². The second-order valence-electron chi connectivity index (χ2n) is 5.75. The van der Waals surface area contributed by atoms with Gasteiger partial charge in [0.25, 0.3) is 0 Å². The third-order valence-electron chi connectivity index (χ3n) is 4.00. The quantitative estimate of drug-likeness (QED) is 0.740. The minimum absolute atomic E-state index is 0.259. The van der Waals surface area contributed by atoms with Gasteiger partial charge < -0.3 is 10.1 Å². The highest BCUT2D eigenvalue weighted by Gasteiger charge is 2.26. The van der Waals surface area contributed by atoms with Crippen molar-refractivity contribution >= 4 is 11.9 Å². The van der Waals surface area contributed by atoms with Gasteiger partial charge in [0.2, 0.25) is 5.91 Å². The summed E-state index contributed by atoms with van der Waals surface area (Å²) in [6.45, 7) is 1.97. The first-order valence-electron chi connectivity index (χ1n) is 8.03. The van der Waals surface area contributed by atoms with Crippen LogP contribution in [0.1, 0.15) is 18.4 Å². The third-order valence-corrected chi connectivity index (χ3v) is 4.00. The first-order chi connectivity index (χ1) is 11.2. The van der Waals surface area contributed by atoms with E-state index in [4.69, 9.17) is 4.74 Å². The summed E-state index contributed by atoms with van der Waals surface area (Å²) in [6.07, 6.45) is 3.11. The van der Waals surface area contributed by atoms with Crippen LogP contribution in [0.4, 0.5) is 4.79 Å². The Morgan fingerprint density at radius 3 is 2.83 bits per heavy atom. The van der Waals surface area contributed by atoms with Gasteiger partial charge in [-0.2, -0.15) is 0 Å². The number of carbonyl (C=O) groups excluding carboxylic acids is 2. The van der Waals surface area contributed by atoms with E-state index >= 15 is 0 Å². The number of methoxy groups -OCH3 is 1. The number of hydrogen-bond donors (Lipinski definition) is 2. The van der Waals surface area contributed by atoms with Gasteiger partial charge in [-0.1, -0.05) is 30.3 Å². The Hall–Kier alpha value is -1.92. The fourth-order valence-corrected chi connectivity index (χ4v) is 2.88. The van der Waals surface area contributed by atoms with Crippen molar-refractivity contribution in [3.8, 4) is 0 Å². The maximum Gasteiger partial charge on any atom is 0.321 e. The molecule has 1 aromatic carbocycles. The number of amides is 3. The lowest BCUT2D eigenvalue weighted by Gasteiger charge is -2.23. The van der Waals surface area contributed by atoms with E-state index in [-0.39, 0.29) is 12.5 Å². The largest absolute Gasteiger partial charge is 0.383 e. The van der Waals surface area contributed by atoms with Crippen LogP contribution in [0.5, 0.6) is 0 Å². The Bertz CT molecular complexity index is 507. The highest BCUT2D eigenvalue weighted by molar-refractivity contribution is 5.95. The number of benzene rings is 1. The van der Waals surface area contributed by atoms with Crippen LogP contribution in [-0.4, -0.2) is 56.2 Å². The molecule has 0 saturated carbocycles. The summed E-state index contributed by atoms with van der Waals surface area (Å²) in [7, 11) is 1.56. The van der Waals surface area contributed by atoms with E-state index in [1.807, 2.05) is 18.2 Å². The maximum absolute atomic E-state index is 12.0. The van der Waals surface area contributed by atoms with Crippen LogP contribution in [0, 0.1) is 0 Å². The van der Waals surface area contributed by atoms with E-state index in [9.17, 15) is 9.59 Å². The van der Waals surface area contributed by atoms with Crippen molar-refractivity contribution in [1.82, 2.24) is 15.5 Å². The van der Waals surface area contributed by atoms with Gasteiger partial charge in [0.15, 0.2) is 0 Å². The Morgan fingerprint density at radius 1 is 1.30 bits per heavy atom. The average Bonchev–Trinajstić information content (AvgIpc) is 2.95. The fourth-order valence-electron chi connectivity index (χ4n) is 2.88. The maximum atomic E-state index is 12.0. The molecule has 1 heterocycles. The van der Waals surface area contributed by atoms with Crippen LogP contribution in [0.3, 0.4) is 0 Å². The predicted octanol–water partition coefficient (Wildman–Crippen LogP) is 1.17. The number of rotatable bonds is 7. The van der Waals surface area contributed by atoms with E-state index in [1.54, 1.807) is 7.11 Å². The van der Waals surface area contributed by atoms with E-state index < -0.39 is 6.03 Å². The van der Waals surface area contributed by atoms with E-state index in [1.165, 1.54) is 5.56 Å². The van der Waals surface area contributed by atoms with Gasteiger partial charge in [0.05, 0.1) is 13.2 Å². The molecule has 23 heavy (non-hydrogen) atoms. The highest BCUT2D eigenvalue weighted by Crippen LogP contribution is 2.20. The molecule has 0 spiro atoms. The van der Waals surface area contributed by atoms with Gasteiger partial charge in [-0.15, -0.1) is 0 Å². The SMILES string of the molecule is COCCNC(=O)NC(=O)CN1CCCC1Cc1ccccc1. The number of imide groups is 1. The van der Waals surface area contributed by atoms with Crippen molar-refractivity contribution in [1.29, 1.82) is 0 Å². The normalized spacial score (nSPS) is 17.9. The van der Waals surface area contributed by atoms with Crippen LogP contribution in [0.15, 0.2) is 30.3 Å². The summed E-state index contributed by atoms with van der Waals surface area (Å²) in [6, 6.07) is 10.2. The molecule has 2 N–H and O–H groups in total. The van der Waals surface area contributed by atoms with Crippen LogP contribution in [0.25, 0.3) is 0 Å². The molecule has 6 heteroatoms. The monoisotopic (exact) mass is 319 g/mol. The topological polar surface area (TPSA) is 70.7 Å². The average molecular weight is 319 g/mol. The lowest BCUT2D eigenvalue weighted by atomic mass is 10.0. The van der Waals surface area contributed by atoms with Crippen molar-refractivity contribution in [2.45, 2.75) is 25.3 Å². The predicted molar refractivity (Wildman–Crippen MR) is 88.2 cm³/mol. The standard InChI is InChI=1S/C17H25N3O3/c1-23-11-9-18-17(22)19-16(21)13-20-10-5-8-15(20)12-14-6-3-2-4-7-14/h2-4,6-7,15H,5,8-13H2,1H3,(H2,18,19,21,22). The minimum atomic E-state index is -0.467. The van der Waals surface area contributed by atoms with E-state index in [2.05, 4.69) is 27.7 Å². The van der Waals surface area contributed by atoms with E-state index in [0.717, 1.165) is 25.8 Å². The van der Waals surface area contributed by atoms with Crippen molar-refractivity contribution < 1.29 is 14.3 Å². The molecule has 1 atom stereocenters. The molecule has 0 aromatic heterocycles. The second kappa shape index (κ2) is 9.27. The zero-order chi connectivity index (χ0) is 16.5. The van der Waals surface area contributed by atoms with Gasteiger partial charge in [-0.05, 0) is 31.4 Å². The molecule has 1 saturated heterocycles. The number of nitrogens with one attached hydrogen (secondary N) is 2. The number of carbonyl (C=O) groups is 2. The fraction of sp³-hybridized carbons (Fsp3) is 0.529. The Balaban J connectivity index is 1.76. The zero-order valence-corrected chi connectivity index (χ0v) is 13.6. The summed E-state index contributed by atoms with van der Waals surface area (Å²) < 4.78 is 4.84. The Labute approximate surface area is 137 Å². The molecular formula is C17H25N3O3. The molecule has 2 rings (SSSR count). The number of likely N-dealkylation sites (tertiary alicyclic amines) is 1. The molecule has 1 aromatic rings. The highest BCUT2D eigenvalue weighted by atomic mass is 16.5. The van der Waals surface area contributed by atoms with Gasteiger partial charge in [-0.3, -0.25) is 15.0 Å². The van der Waals surface area contributed by atoms with Gasteiger partial charge in [-0.25, -0.2) is 4.79 Å². The molecular weight excluding hydrogens is 294 g/mol. The number of urea groups is 1. The van der Waals surface area contributed by atoms with Crippen LogP contribution >= 0.6 is 0 Å². The zero-order valence-electron chi connectivity index (χ0n) is 13.6. The lowest BCUT2D eigenvalue weighted by Crippen LogP contribution is -2.46. The number of ether oxygens (including phenoxy) is 1. The first kappa shape index (κ1) is 17.4. The van der Waals surface area contributed by atoms with Crippen LogP contribution in [-0.2, 0) is 16.0 Å². The second-order valence-corrected chi connectivity index (χ2v) is 5.75. The summed E-state index contributed by atoms with van der Waals surface area (Å²) in [5.41, 5.74) is 1.28. The summed E-state index contributed by atoms with van der Waals surface area (Å²) >= 11 is 0. The Kier molecular flexibility index (Phi) is 7.03. The number of nitrogens with zero attached hydrogens (tertiary/aromatic N) is 1. The van der Waals surface area contributed by atoms with Crippen molar-refractivity contribution in [3.05, 3.63) is 35.9 Å². The Morgan fingerprint density at radius 2 is 2.09 bits per heavy atom. The molecule has 1 unspecified atom stereocenters. The summed E-state index contributed by atoms with van der Waals surface area (Å²) in [4.78, 5) is 25.7. The van der Waals surface area contributed by atoms with Crippen molar-refractivity contribution in [2.75, 3.05) is 33.4 Å². The molecule has 3 amide bonds. The summed E-state index contributed by atoms with van der Waals surface area (Å²) in [5, 5.41) is 4.94. The molecule has 1 fully saturated rings. The van der Waals surface area contributed by atoms with Crippen LogP contribution < -0.4 is 10.6 Å². The number of hydrogen-bond acceptors (Lipinski definition) is 4. The smallest absolute Gasteiger partial charge is 0.321 e. The van der Waals surface area contributed by atoms with Gasteiger partial charge in [0.1, 0.15) is 0 Å². The van der Waals surface area contributed by atoms with Crippen molar-refractivity contribution in [2.24, 2.45) is 0 Å². The molecule has 0 aliphatic carbocycles. The molecule has 1 aliphatic rings. The molecule has 6 nitrogen and oxygen atoms in total. The molecule has 0 bridgehead atoms. The molecule has 0 radical (unpaired) electrons. The third kappa shape index (κ3) is 6.00. The van der Waals surface area contributed by atoms with Crippen molar-refractivity contribution in [3.63, 3.8) is 0 Å². The minimum Gasteiger partial charge on any atom is -0.383 e. The van der Waals surface area contributed by atoms with E-state index in [0.29, 0.717) is 19.2 Å². The first-order valence-corrected chi connectivity index (χ1v) is 8.03. The summed E-state index contributed by atoms with van der Waals surface area (Å²) in [5.74, 6) is -0.264. The van der Waals surface area contributed by atoms with Crippen LogP contribution in [0.2, 0.25) is 0 Å².